The molecule has 3 heteroatoms. The van der Waals surface area contributed by atoms with Crippen LogP contribution >= 0.6 is 0 Å². The highest BCUT2D eigenvalue weighted by Crippen LogP contribution is 2.12. The minimum absolute atomic E-state index is 0.103. The summed E-state index contributed by atoms with van der Waals surface area (Å²) in [5.74, 6) is 6.71. The summed E-state index contributed by atoms with van der Waals surface area (Å²) in [6, 6.07) is 7.70. The first-order valence-corrected chi connectivity index (χ1v) is 5.69. The largest absolute Gasteiger partial charge is 0.492 e. The molecular weight excluding hydrogens is 214 g/mol. The lowest BCUT2D eigenvalue weighted by Gasteiger charge is -2.10. The van der Waals surface area contributed by atoms with E-state index >= 15 is 0 Å². The first kappa shape index (κ1) is 13.6. The molecule has 0 radical (unpaired) electrons. The van der Waals surface area contributed by atoms with Gasteiger partial charge >= 0.3 is 0 Å². The molecule has 1 aromatic carbocycles. The van der Waals surface area contributed by atoms with Gasteiger partial charge in [-0.1, -0.05) is 17.9 Å². The van der Waals surface area contributed by atoms with E-state index in [-0.39, 0.29) is 6.61 Å². The fraction of sp³-hybridized carbons (Fsp3) is 0.429. The molecule has 0 aliphatic rings. The molecule has 0 bridgehead atoms. The third kappa shape index (κ3) is 5.96. The van der Waals surface area contributed by atoms with E-state index in [0.717, 1.165) is 17.9 Å². The highest BCUT2D eigenvalue weighted by Gasteiger charge is 1.95. The molecule has 1 rings (SSSR count). The Labute approximate surface area is 103 Å². The van der Waals surface area contributed by atoms with Gasteiger partial charge in [-0.3, -0.25) is 0 Å². The van der Waals surface area contributed by atoms with Gasteiger partial charge in [0.25, 0.3) is 0 Å². The number of hydrogen-bond acceptors (Lipinski definition) is 3. The average molecular weight is 233 g/mol. The molecule has 0 aliphatic heterocycles. The maximum absolute atomic E-state index is 8.64. The molecule has 0 amide bonds. The highest BCUT2D eigenvalue weighted by molar-refractivity contribution is 5.39. The molecule has 17 heavy (non-hydrogen) atoms. The van der Waals surface area contributed by atoms with E-state index in [1.54, 1.807) is 0 Å². The number of rotatable bonds is 5. The first-order chi connectivity index (χ1) is 8.22. The van der Waals surface area contributed by atoms with Crippen LogP contribution in [0.1, 0.15) is 12.0 Å². The SMILES string of the molecule is CN(C)CCOc1cccc(C#CCCO)c1. The van der Waals surface area contributed by atoms with E-state index in [1.165, 1.54) is 0 Å². The van der Waals surface area contributed by atoms with Gasteiger partial charge < -0.3 is 14.7 Å². The lowest BCUT2D eigenvalue weighted by molar-refractivity contribution is 0.261. The Kier molecular flexibility index (Phi) is 6.16. The van der Waals surface area contributed by atoms with Gasteiger partial charge in [-0.05, 0) is 32.3 Å². The topological polar surface area (TPSA) is 32.7 Å². The molecule has 1 aromatic rings. The normalized spacial score (nSPS) is 9.88. The van der Waals surface area contributed by atoms with E-state index < -0.39 is 0 Å². The minimum Gasteiger partial charge on any atom is -0.492 e. The van der Waals surface area contributed by atoms with Crippen molar-refractivity contribution in [2.24, 2.45) is 0 Å². The molecule has 0 aromatic heterocycles. The van der Waals surface area contributed by atoms with Gasteiger partial charge in [-0.25, -0.2) is 0 Å². The summed E-state index contributed by atoms with van der Waals surface area (Å²) in [5, 5.41) is 8.64. The minimum atomic E-state index is 0.103. The van der Waals surface area contributed by atoms with Crippen LogP contribution in [-0.2, 0) is 0 Å². The Balaban J connectivity index is 2.51. The average Bonchev–Trinajstić information content (AvgIpc) is 2.29. The second-order valence-electron chi connectivity index (χ2n) is 3.95. The van der Waals surface area contributed by atoms with Crippen molar-refractivity contribution in [1.82, 2.24) is 4.90 Å². The molecule has 0 fully saturated rings. The van der Waals surface area contributed by atoms with Crippen LogP contribution in [0.5, 0.6) is 5.75 Å². The van der Waals surface area contributed by atoms with Gasteiger partial charge in [0.05, 0.1) is 6.61 Å². The van der Waals surface area contributed by atoms with Crippen LogP contribution in [0, 0.1) is 11.8 Å². The monoisotopic (exact) mass is 233 g/mol. The smallest absolute Gasteiger partial charge is 0.120 e. The molecule has 0 spiro atoms. The molecule has 0 saturated carbocycles. The van der Waals surface area contributed by atoms with Crippen molar-refractivity contribution >= 4 is 0 Å². The Hall–Kier alpha value is -1.50. The number of aliphatic hydroxyl groups is 1. The predicted molar refractivity (Wildman–Crippen MR) is 69.1 cm³/mol. The molecule has 0 aliphatic carbocycles. The molecule has 0 atom stereocenters. The summed E-state index contributed by atoms with van der Waals surface area (Å²) >= 11 is 0. The van der Waals surface area contributed by atoms with Gasteiger partial charge in [0.2, 0.25) is 0 Å². The zero-order valence-electron chi connectivity index (χ0n) is 10.4. The van der Waals surface area contributed by atoms with Crippen LogP contribution in [0.3, 0.4) is 0 Å². The summed E-state index contributed by atoms with van der Waals surface area (Å²) in [4.78, 5) is 2.07. The zero-order valence-corrected chi connectivity index (χ0v) is 10.4. The number of ether oxygens (including phenoxy) is 1. The molecule has 0 heterocycles. The third-order valence-electron chi connectivity index (χ3n) is 2.11. The fourth-order valence-electron chi connectivity index (χ4n) is 1.23. The first-order valence-electron chi connectivity index (χ1n) is 5.69. The highest BCUT2D eigenvalue weighted by atomic mass is 16.5. The molecule has 3 nitrogen and oxygen atoms in total. The van der Waals surface area contributed by atoms with Crippen LogP contribution < -0.4 is 4.74 Å². The van der Waals surface area contributed by atoms with Crippen LogP contribution in [0.2, 0.25) is 0 Å². The maximum Gasteiger partial charge on any atom is 0.120 e. The van der Waals surface area contributed by atoms with Crippen molar-refractivity contribution < 1.29 is 9.84 Å². The standard InChI is InChI=1S/C14H19NO2/c1-15(2)9-11-17-14-8-5-7-13(12-14)6-3-4-10-16/h5,7-8,12,16H,4,9-11H2,1-2H3. The van der Waals surface area contributed by atoms with E-state index in [2.05, 4.69) is 16.7 Å². The van der Waals surface area contributed by atoms with Crippen LogP contribution in [-0.4, -0.2) is 43.9 Å². The van der Waals surface area contributed by atoms with Crippen LogP contribution in [0.4, 0.5) is 0 Å². The van der Waals surface area contributed by atoms with Crippen LogP contribution in [0.15, 0.2) is 24.3 Å². The Bertz CT molecular complexity index is 391. The molecule has 1 N–H and O–H groups in total. The lowest BCUT2D eigenvalue weighted by Crippen LogP contribution is -2.19. The van der Waals surface area contributed by atoms with Crippen molar-refractivity contribution in [2.45, 2.75) is 6.42 Å². The molecular formula is C14H19NO2. The summed E-state index contributed by atoms with van der Waals surface area (Å²) in [5.41, 5.74) is 0.917. The number of likely N-dealkylation sites (N-methyl/N-ethyl adjacent to an activating group) is 1. The van der Waals surface area contributed by atoms with Crippen LogP contribution in [0.25, 0.3) is 0 Å². The second kappa shape index (κ2) is 7.72. The lowest BCUT2D eigenvalue weighted by atomic mass is 10.2. The van der Waals surface area contributed by atoms with Crippen molar-refractivity contribution in [1.29, 1.82) is 0 Å². The van der Waals surface area contributed by atoms with Crippen molar-refractivity contribution in [2.75, 3.05) is 33.9 Å². The second-order valence-corrected chi connectivity index (χ2v) is 3.95. The number of aliphatic hydroxyl groups excluding tert-OH is 1. The van der Waals surface area contributed by atoms with Crippen molar-refractivity contribution in [3.8, 4) is 17.6 Å². The summed E-state index contributed by atoms with van der Waals surface area (Å²) in [6.07, 6.45) is 0.506. The van der Waals surface area contributed by atoms with Crippen molar-refractivity contribution in [3.63, 3.8) is 0 Å². The van der Waals surface area contributed by atoms with Gasteiger partial charge in [0, 0.05) is 18.5 Å². The Morgan fingerprint density at radius 3 is 2.88 bits per heavy atom. The quantitative estimate of drug-likeness (QED) is 0.779. The number of nitrogens with zero attached hydrogens (tertiary/aromatic N) is 1. The van der Waals surface area contributed by atoms with Gasteiger partial charge in [0.1, 0.15) is 12.4 Å². The van der Waals surface area contributed by atoms with E-state index in [1.807, 2.05) is 38.4 Å². The van der Waals surface area contributed by atoms with Gasteiger partial charge in [-0.15, -0.1) is 0 Å². The van der Waals surface area contributed by atoms with E-state index in [4.69, 9.17) is 9.84 Å². The Morgan fingerprint density at radius 2 is 2.18 bits per heavy atom. The van der Waals surface area contributed by atoms with Gasteiger partial charge in [-0.2, -0.15) is 0 Å². The third-order valence-corrected chi connectivity index (χ3v) is 2.11. The maximum atomic E-state index is 8.64. The Morgan fingerprint density at radius 1 is 1.35 bits per heavy atom. The summed E-state index contributed by atoms with van der Waals surface area (Å²) in [7, 11) is 4.03. The predicted octanol–water partition coefficient (Wildman–Crippen LogP) is 1.36. The fourth-order valence-corrected chi connectivity index (χ4v) is 1.23. The molecule has 92 valence electrons. The molecule has 0 saturated heterocycles. The number of hydrogen-bond donors (Lipinski definition) is 1. The molecule has 0 unspecified atom stereocenters. The van der Waals surface area contributed by atoms with E-state index in [0.29, 0.717) is 13.0 Å². The zero-order chi connectivity index (χ0) is 12.5. The van der Waals surface area contributed by atoms with E-state index in [9.17, 15) is 0 Å². The summed E-state index contributed by atoms with van der Waals surface area (Å²) < 4.78 is 5.60. The summed E-state index contributed by atoms with van der Waals surface area (Å²) in [6.45, 7) is 1.66. The van der Waals surface area contributed by atoms with Gasteiger partial charge in [0.15, 0.2) is 0 Å². The van der Waals surface area contributed by atoms with Crippen molar-refractivity contribution in [3.05, 3.63) is 29.8 Å². The number of benzene rings is 1.